The largest absolute Gasteiger partial charge is 0.330 e. The highest BCUT2D eigenvalue weighted by molar-refractivity contribution is 7.93. The Labute approximate surface area is 61.1 Å². The number of unbranched alkanes of at least 4 members (excludes halogenated alkanes) is 1. The molecule has 1 N–H and O–H groups in total. The molecule has 0 rings (SSSR count). The van der Waals surface area contributed by atoms with E-state index in [1.165, 1.54) is 0 Å². The first-order valence-corrected chi connectivity index (χ1v) is 4.08. The first kappa shape index (κ1) is 8.87. The lowest BCUT2D eigenvalue weighted by atomic mass is 10.3. The van der Waals surface area contributed by atoms with Gasteiger partial charge in [-0.1, -0.05) is 6.92 Å². The Kier molecular flexibility index (Phi) is 7.76. The Morgan fingerprint density at radius 3 is 2.56 bits per heavy atom. The maximum absolute atomic E-state index is 8.27. The van der Waals surface area contributed by atoms with Crippen LogP contribution in [0.1, 0.15) is 26.2 Å². The molecule has 52 valence electrons. The molecule has 0 saturated carbocycles. The van der Waals surface area contributed by atoms with Crippen LogP contribution >= 0.6 is 12.0 Å². The zero-order valence-corrected chi connectivity index (χ0v) is 6.50. The second-order valence-electron chi connectivity index (χ2n) is 1.69. The smallest absolute Gasteiger partial charge is 0.0305 e. The van der Waals surface area contributed by atoms with E-state index in [0.29, 0.717) is 0 Å². The lowest BCUT2D eigenvalue weighted by Gasteiger charge is -1.82. The third-order valence-corrected chi connectivity index (χ3v) is 1.21. The van der Waals surface area contributed by atoms with Crippen molar-refractivity contribution in [2.45, 2.75) is 26.2 Å². The van der Waals surface area contributed by atoms with Crippen molar-refractivity contribution >= 4 is 12.0 Å². The van der Waals surface area contributed by atoms with Gasteiger partial charge in [0.2, 0.25) is 0 Å². The maximum Gasteiger partial charge on any atom is 0.0305 e. The average Bonchev–Trinajstić information content (AvgIpc) is 1.89. The van der Waals surface area contributed by atoms with E-state index < -0.39 is 0 Å². The summed E-state index contributed by atoms with van der Waals surface area (Å²) in [6.07, 6.45) is 2.91. The Hall–Kier alpha value is -0.130. The summed E-state index contributed by atoms with van der Waals surface area (Å²) in [5.74, 6) is 6.68. The van der Waals surface area contributed by atoms with Gasteiger partial charge in [-0.05, 0) is 18.5 Å². The van der Waals surface area contributed by atoms with Gasteiger partial charge in [-0.3, -0.25) is 0 Å². The van der Waals surface area contributed by atoms with E-state index >= 15 is 0 Å². The van der Waals surface area contributed by atoms with Crippen molar-refractivity contribution < 1.29 is 4.55 Å². The van der Waals surface area contributed by atoms with Crippen LogP contribution in [0, 0.1) is 11.8 Å². The number of hydrogen-bond acceptors (Lipinski definition) is 2. The van der Waals surface area contributed by atoms with Crippen LogP contribution in [0.4, 0.5) is 0 Å². The van der Waals surface area contributed by atoms with Gasteiger partial charge in [0.25, 0.3) is 0 Å². The van der Waals surface area contributed by atoms with Gasteiger partial charge in [0.1, 0.15) is 0 Å². The Balaban J connectivity index is 2.96. The first-order valence-electron chi connectivity index (χ1n) is 3.14. The summed E-state index contributed by atoms with van der Waals surface area (Å²) in [5.41, 5.74) is 0. The van der Waals surface area contributed by atoms with E-state index in [-0.39, 0.29) is 0 Å². The average molecular weight is 144 g/mol. The molecule has 0 bridgehead atoms. The molecule has 0 fully saturated rings. The summed E-state index contributed by atoms with van der Waals surface area (Å²) < 4.78 is 8.27. The molecule has 0 heterocycles. The monoisotopic (exact) mass is 144 g/mol. The minimum absolute atomic E-state index is 0.733. The minimum atomic E-state index is 0.733. The molecule has 0 aliphatic carbocycles. The van der Waals surface area contributed by atoms with Crippen molar-refractivity contribution in [1.82, 2.24) is 0 Å². The number of hydrogen-bond donors (Lipinski definition) is 1. The van der Waals surface area contributed by atoms with E-state index in [0.717, 1.165) is 37.1 Å². The molecule has 0 aromatic rings. The van der Waals surface area contributed by atoms with Gasteiger partial charge in [-0.15, -0.1) is 11.8 Å². The van der Waals surface area contributed by atoms with Gasteiger partial charge in [0.05, 0.1) is 0 Å². The van der Waals surface area contributed by atoms with Crippen molar-refractivity contribution in [3.05, 3.63) is 0 Å². The van der Waals surface area contributed by atoms with Crippen LogP contribution in [-0.4, -0.2) is 10.3 Å². The van der Waals surface area contributed by atoms with Gasteiger partial charge >= 0.3 is 0 Å². The topological polar surface area (TPSA) is 20.2 Å². The Morgan fingerprint density at radius 1 is 1.33 bits per heavy atom. The third kappa shape index (κ3) is 7.87. The predicted octanol–water partition coefficient (Wildman–Crippen LogP) is 2.39. The molecule has 2 heteroatoms. The summed E-state index contributed by atoms with van der Waals surface area (Å²) in [5, 5.41) is 0. The van der Waals surface area contributed by atoms with Crippen LogP contribution in [-0.2, 0) is 0 Å². The van der Waals surface area contributed by atoms with Gasteiger partial charge in [0, 0.05) is 18.6 Å². The minimum Gasteiger partial charge on any atom is -0.330 e. The standard InChI is InChI=1S/C7H12OS/c1-2-3-4-5-6-7-9-8/h8H,2-3,6-7H2,1H3. The van der Waals surface area contributed by atoms with Crippen molar-refractivity contribution in [2.75, 3.05) is 5.75 Å². The summed E-state index contributed by atoms with van der Waals surface area (Å²) in [4.78, 5) is 0. The molecule has 9 heavy (non-hydrogen) atoms. The number of rotatable bonds is 3. The molecule has 0 radical (unpaired) electrons. The second-order valence-corrected chi connectivity index (χ2v) is 2.35. The van der Waals surface area contributed by atoms with Gasteiger partial charge in [-0.2, -0.15) is 0 Å². The molecule has 0 atom stereocenters. The quantitative estimate of drug-likeness (QED) is 0.373. The summed E-state index contributed by atoms with van der Waals surface area (Å²) >= 11 is 0.857. The highest BCUT2D eigenvalue weighted by atomic mass is 32.2. The maximum atomic E-state index is 8.27. The normalized spacial score (nSPS) is 8.22. The van der Waals surface area contributed by atoms with E-state index in [4.69, 9.17) is 4.55 Å². The molecule has 0 aromatic carbocycles. The molecule has 0 aromatic heterocycles. The van der Waals surface area contributed by atoms with Gasteiger partial charge < -0.3 is 4.55 Å². The van der Waals surface area contributed by atoms with Crippen molar-refractivity contribution in [3.63, 3.8) is 0 Å². The van der Waals surface area contributed by atoms with Crippen LogP contribution in [0.15, 0.2) is 0 Å². The lowest BCUT2D eigenvalue weighted by Crippen LogP contribution is -1.72. The van der Waals surface area contributed by atoms with Crippen molar-refractivity contribution in [1.29, 1.82) is 0 Å². The fourth-order valence-electron chi connectivity index (χ4n) is 0.398. The zero-order valence-electron chi connectivity index (χ0n) is 5.68. The summed E-state index contributed by atoms with van der Waals surface area (Å²) in [6, 6.07) is 0. The molecular formula is C7H12OS. The lowest BCUT2D eigenvalue weighted by molar-refractivity contribution is 0.663. The summed E-state index contributed by atoms with van der Waals surface area (Å²) in [6.45, 7) is 2.11. The predicted molar refractivity (Wildman–Crippen MR) is 42.4 cm³/mol. The highest BCUT2D eigenvalue weighted by Crippen LogP contribution is 1.92. The Bertz CT molecular complexity index is 101. The molecule has 0 amide bonds. The van der Waals surface area contributed by atoms with E-state index in [2.05, 4.69) is 18.8 Å². The molecule has 0 aliphatic heterocycles. The van der Waals surface area contributed by atoms with Gasteiger partial charge in [-0.25, -0.2) is 0 Å². The molecular weight excluding hydrogens is 132 g/mol. The SMILES string of the molecule is CCCC#CCCSO. The van der Waals surface area contributed by atoms with Crippen molar-refractivity contribution in [2.24, 2.45) is 0 Å². The van der Waals surface area contributed by atoms with Crippen molar-refractivity contribution in [3.8, 4) is 11.8 Å². The van der Waals surface area contributed by atoms with Crippen LogP contribution in [0.25, 0.3) is 0 Å². The zero-order chi connectivity index (χ0) is 6.95. The first-order chi connectivity index (χ1) is 4.41. The Morgan fingerprint density at radius 2 is 2.00 bits per heavy atom. The molecule has 0 spiro atoms. The molecule has 1 nitrogen and oxygen atoms in total. The van der Waals surface area contributed by atoms with Crippen LogP contribution in [0.5, 0.6) is 0 Å². The van der Waals surface area contributed by atoms with Gasteiger partial charge in [0.15, 0.2) is 0 Å². The molecule has 0 aliphatic rings. The van der Waals surface area contributed by atoms with Crippen LogP contribution < -0.4 is 0 Å². The van der Waals surface area contributed by atoms with E-state index in [9.17, 15) is 0 Å². The van der Waals surface area contributed by atoms with Crippen LogP contribution in [0.3, 0.4) is 0 Å². The molecule has 0 unspecified atom stereocenters. The van der Waals surface area contributed by atoms with Crippen LogP contribution in [0.2, 0.25) is 0 Å². The fourth-order valence-corrected chi connectivity index (χ4v) is 0.592. The van der Waals surface area contributed by atoms with E-state index in [1.807, 2.05) is 0 Å². The third-order valence-electron chi connectivity index (χ3n) is 0.818. The summed E-state index contributed by atoms with van der Waals surface area (Å²) in [7, 11) is 0. The second kappa shape index (κ2) is 7.87. The van der Waals surface area contributed by atoms with E-state index in [1.54, 1.807) is 0 Å². The highest BCUT2D eigenvalue weighted by Gasteiger charge is 1.76. The fraction of sp³-hybridized carbons (Fsp3) is 0.714. The molecule has 0 saturated heterocycles.